The number of anilines is 1. The fourth-order valence-corrected chi connectivity index (χ4v) is 3.10. The molecule has 8 heteroatoms. The van der Waals surface area contributed by atoms with Crippen LogP contribution >= 0.6 is 15.9 Å². The smallest absolute Gasteiger partial charge is 0.289 e. The molecule has 2 heterocycles. The van der Waals surface area contributed by atoms with E-state index in [1.54, 1.807) is 23.1 Å². The molecule has 0 atom stereocenters. The maximum Gasteiger partial charge on any atom is 0.289 e. The second kappa shape index (κ2) is 7.79. The largest absolute Gasteiger partial charge is 0.459 e. The van der Waals surface area contributed by atoms with Crippen molar-refractivity contribution in [3.63, 3.8) is 0 Å². The van der Waals surface area contributed by atoms with Crippen molar-refractivity contribution in [3.05, 3.63) is 52.6 Å². The van der Waals surface area contributed by atoms with E-state index in [0.29, 0.717) is 36.4 Å². The normalized spacial score (nSPS) is 15.2. The van der Waals surface area contributed by atoms with Crippen molar-refractivity contribution in [2.45, 2.75) is 0 Å². The van der Waals surface area contributed by atoms with E-state index in [2.05, 4.69) is 21.2 Å². The zero-order valence-corrected chi connectivity index (χ0v) is 15.0. The predicted molar refractivity (Wildman–Crippen MR) is 92.9 cm³/mol. The summed E-state index contributed by atoms with van der Waals surface area (Å²) in [7, 11) is 0. The van der Waals surface area contributed by atoms with Crippen LogP contribution < -0.4 is 10.2 Å². The standard InChI is InChI=1S/C17H17BrFN3O3/c18-12-3-4-14(13(19)10-12)20-16(23)11-21-5-7-22(8-6-21)17(24)15-2-1-9-25-15/h1-4,9-10H,5-8,11H2,(H,20,23)/p+1. The molecule has 1 saturated heterocycles. The lowest BCUT2D eigenvalue weighted by molar-refractivity contribution is -0.895. The Kier molecular flexibility index (Phi) is 5.50. The van der Waals surface area contributed by atoms with Crippen molar-refractivity contribution in [1.29, 1.82) is 0 Å². The summed E-state index contributed by atoms with van der Waals surface area (Å²) in [5.41, 5.74) is 0.166. The van der Waals surface area contributed by atoms with E-state index in [4.69, 9.17) is 4.42 Å². The summed E-state index contributed by atoms with van der Waals surface area (Å²) in [6, 6.07) is 7.82. The van der Waals surface area contributed by atoms with Gasteiger partial charge >= 0.3 is 0 Å². The number of carbonyl (C=O) groups excluding carboxylic acids is 2. The van der Waals surface area contributed by atoms with Gasteiger partial charge in [0, 0.05) is 4.47 Å². The van der Waals surface area contributed by atoms with Crippen molar-refractivity contribution in [2.24, 2.45) is 0 Å². The number of furan rings is 1. The minimum atomic E-state index is -0.480. The zero-order chi connectivity index (χ0) is 17.8. The highest BCUT2D eigenvalue weighted by Gasteiger charge is 2.27. The van der Waals surface area contributed by atoms with Crippen LogP contribution in [-0.4, -0.2) is 49.4 Å². The molecule has 0 radical (unpaired) electrons. The van der Waals surface area contributed by atoms with Gasteiger partial charge in [-0.15, -0.1) is 0 Å². The first kappa shape index (κ1) is 17.6. The molecule has 0 bridgehead atoms. The molecule has 1 aliphatic heterocycles. The number of benzene rings is 1. The molecule has 6 nitrogen and oxygen atoms in total. The summed E-state index contributed by atoms with van der Waals surface area (Å²) < 4.78 is 19.5. The summed E-state index contributed by atoms with van der Waals surface area (Å²) in [5.74, 6) is -0.536. The maximum atomic E-state index is 13.8. The van der Waals surface area contributed by atoms with E-state index in [-0.39, 0.29) is 24.0 Å². The van der Waals surface area contributed by atoms with Gasteiger partial charge in [-0.1, -0.05) is 15.9 Å². The van der Waals surface area contributed by atoms with Crippen LogP contribution in [0.25, 0.3) is 0 Å². The molecule has 0 aliphatic carbocycles. The maximum absolute atomic E-state index is 13.8. The lowest BCUT2D eigenvalue weighted by Crippen LogP contribution is -3.15. The molecule has 132 valence electrons. The Bertz CT molecular complexity index is 759. The Morgan fingerprint density at radius 1 is 1.28 bits per heavy atom. The van der Waals surface area contributed by atoms with E-state index in [0.717, 1.165) is 4.90 Å². The lowest BCUT2D eigenvalue weighted by Gasteiger charge is -2.31. The van der Waals surface area contributed by atoms with Gasteiger partial charge in [0.15, 0.2) is 12.3 Å². The third kappa shape index (κ3) is 4.46. The third-order valence-electron chi connectivity index (χ3n) is 4.11. The molecule has 0 saturated carbocycles. The molecule has 1 aliphatic rings. The van der Waals surface area contributed by atoms with Crippen LogP contribution in [0.2, 0.25) is 0 Å². The van der Waals surface area contributed by atoms with Crippen LogP contribution in [0.15, 0.2) is 45.5 Å². The number of nitrogens with zero attached hydrogens (tertiary/aromatic N) is 1. The number of hydrogen-bond donors (Lipinski definition) is 2. The average molecular weight is 411 g/mol. The SMILES string of the molecule is O=C(C[NH+]1CCN(C(=O)c2ccco2)CC1)Nc1ccc(Br)cc1F. The first-order valence-electron chi connectivity index (χ1n) is 7.94. The number of rotatable bonds is 4. The van der Waals surface area contributed by atoms with Crippen molar-refractivity contribution in [1.82, 2.24) is 4.90 Å². The van der Waals surface area contributed by atoms with E-state index in [1.165, 1.54) is 18.4 Å². The third-order valence-corrected chi connectivity index (χ3v) is 4.60. The molecule has 0 unspecified atom stereocenters. The zero-order valence-electron chi connectivity index (χ0n) is 13.4. The number of nitrogens with one attached hydrogen (secondary N) is 2. The highest BCUT2D eigenvalue weighted by atomic mass is 79.9. The molecule has 25 heavy (non-hydrogen) atoms. The summed E-state index contributed by atoms with van der Waals surface area (Å²) >= 11 is 3.18. The van der Waals surface area contributed by atoms with Gasteiger partial charge in [0.25, 0.3) is 11.8 Å². The van der Waals surface area contributed by atoms with Crippen molar-refractivity contribution < 1.29 is 23.3 Å². The topological polar surface area (TPSA) is 67.0 Å². The molecule has 1 aromatic carbocycles. The van der Waals surface area contributed by atoms with Gasteiger partial charge in [0.2, 0.25) is 0 Å². The summed E-state index contributed by atoms with van der Waals surface area (Å²) in [6.07, 6.45) is 1.47. The van der Waals surface area contributed by atoms with Gasteiger partial charge in [-0.3, -0.25) is 9.59 Å². The Hall–Kier alpha value is -2.19. The fourth-order valence-electron chi connectivity index (χ4n) is 2.77. The molecule has 2 aromatic rings. The number of carbonyl (C=O) groups is 2. The number of halogens is 2. The van der Waals surface area contributed by atoms with E-state index >= 15 is 0 Å². The highest BCUT2D eigenvalue weighted by molar-refractivity contribution is 9.10. The second-order valence-corrected chi connectivity index (χ2v) is 6.78. The lowest BCUT2D eigenvalue weighted by atomic mass is 10.2. The van der Waals surface area contributed by atoms with Gasteiger partial charge < -0.3 is 19.5 Å². The van der Waals surface area contributed by atoms with Gasteiger partial charge in [-0.2, -0.15) is 0 Å². The molecule has 3 rings (SSSR count). The van der Waals surface area contributed by atoms with Crippen molar-refractivity contribution in [2.75, 3.05) is 38.0 Å². The first-order chi connectivity index (χ1) is 12.0. The Balaban J connectivity index is 1.48. The number of piperazine rings is 1. The van der Waals surface area contributed by atoms with Crippen LogP contribution in [0, 0.1) is 5.82 Å². The Morgan fingerprint density at radius 2 is 2.04 bits per heavy atom. The summed E-state index contributed by atoms with van der Waals surface area (Å²) in [5, 5.41) is 2.59. The summed E-state index contributed by atoms with van der Waals surface area (Å²) in [4.78, 5) is 27.1. The van der Waals surface area contributed by atoms with Gasteiger partial charge in [-0.25, -0.2) is 4.39 Å². The Labute approximate surface area is 152 Å². The van der Waals surface area contributed by atoms with Gasteiger partial charge in [-0.05, 0) is 30.3 Å². The molecular formula is C17H18BrFN3O3+. The molecule has 0 spiro atoms. The number of hydrogen-bond acceptors (Lipinski definition) is 3. The monoisotopic (exact) mass is 410 g/mol. The minimum absolute atomic E-state index is 0.134. The molecule has 2 N–H and O–H groups in total. The highest BCUT2D eigenvalue weighted by Crippen LogP contribution is 2.19. The Morgan fingerprint density at radius 3 is 2.68 bits per heavy atom. The van der Waals surface area contributed by atoms with Crippen LogP contribution in [0.4, 0.5) is 10.1 Å². The van der Waals surface area contributed by atoms with Crippen LogP contribution in [0.5, 0.6) is 0 Å². The number of amides is 2. The van der Waals surface area contributed by atoms with Crippen molar-refractivity contribution >= 4 is 33.4 Å². The van der Waals surface area contributed by atoms with Crippen LogP contribution in [0.1, 0.15) is 10.6 Å². The van der Waals surface area contributed by atoms with E-state index in [1.807, 2.05) is 0 Å². The summed E-state index contributed by atoms with van der Waals surface area (Å²) in [6.45, 7) is 2.65. The fraction of sp³-hybridized carbons (Fsp3) is 0.294. The quantitative estimate of drug-likeness (QED) is 0.794. The average Bonchev–Trinajstić information content (AvgIpc) is 3.12. The van der Waals surface area contributed by atoms with Crippen LogP contribution in [0.3, 0.4) is 0 Å². The number of quaternary nitrogens is 1. The van der Waals surface area contributed by atoms with Crippen LogP contribution in [-0.2, 0) is 4.79 Å². The van der Waals surface area contributed by atoms with E-state index in [9.17, 15) is 14.0 Å². The molecule has 2 amide bonds. The molecule has 1 fully saturated rings. The molecule has 1 aromatic heterocycles. The van der Waals surface area contributed by atoms with Gasteiger partial charge in [0.05, 0.1) is 38.1 Å². The minimum Gasteiger partial charge on any atom is -0.459 e. The molecular weight excluding hydrogens is 393 g/mol. The van der Waals surface area contributed by atoms with Gasteiger partial charge in [0.1, 0.15) is 5.82 Å². The second-order valence-electron chi connectivity index (χ2n) is 5.87. The first-order valence-corrected chi connectivity index (χ1v) is 8.73. The van der Waals surface area contributed by atoms with Crippen molar-refractivity contribution in [3.8, 4) is 0 Å². The van der Waals surface area contributed by atoms with E-state index < -0.39 is 5.82 Å². The predicted octanol–water partition coefficient (Wildman–Crippen LogP) is 1.16.